The Balaban J connectivity index is 1.54. The van der Waals surface area contributed by atoms with Crippen LogP contribution in [0.5, 0.6) is 0 Å². The van der Waals surface area contributed by atoms with Crippen LogP contribution in [-0.2, 0) is 25.8 Å². The molecule has 1 aliphatic heterocycles. The Morgan fingerprint density at radius 1 is 1.23 bits per heavy atom. The molecule has 3 rings (SSSR count). The molecule has 0 radical (unpaired) electrons. The third-order valence-electron chi connectivity index (χ3n) is 4.75. The predicted molar refractivity (Wildman–Crippen MR) is 120 cm³/mol. The Labute approximate surface area is 185 Å². The number of rotatable bonds is 7. The first kappa shape index (κ1) is 22.7. The SMILES string of the molecule is C[C@H]1CSc2ccc(S(=O)(=O)CCC(=O)NCCc3ccc(Cl)cc3)cc2NC1=O. The van der Waals surface area contributed by atoms with Gasteiger partial charge in [-0.15, -0.1) is 11.8 Å². The molecular weight excluding hydrogens is 444 g/mol. The van der Waals surface area contributed by atoms with Crippen molar-refractivity contribution in [3.05, 3.63) is 53.1 Å². The second kappa shape index (κ2) is 9.85. The van der Waals surface area contributed by atoms with Crippen molar-refractivity contribution in [2.75, 3.05) is 23.4 Å². The van der Waals surface area contributed by atoms with Crippen LogP contribution in [0.2, 0.25) is 5.02 Å². The molecule has 0 saturated carbocycles. The number of sulfone groups is 1. The van der Waals surface area contributed by atoms with Crippen LogP contribution in [0, 0.1) is 5.92 Å². The van der Waals surface area contributed by atoms with Gasteiger partial charge in [-0.3, -0.25) is 9.59 Å². The molecule has 0 aromatic heterocycles. The summed E-state index contributed by atoms with van der Waals surface area (Å²) < 4.78 is 25.3. The van der Waals surface area contributed by atoms with Crippen molar-refractivity contribution in [1.29, 1.82) is 0 Å². The van der Waals surface area contributed by atoms with Gasteiger partial charge in [0.15, 0.2) is 9.84 Å². The van der Waals surface area contributed by atoms with Crippen LogP contribution >= 0.6 is 23.4 Å². The van der Waals surface area contributed by atoms with E-state index in [-0.39, 0.29) is 34.8 Å². The van der Waals surface area contributed by atoms with Crippen molar-refractivity contribution in [3.8, 4) is 0 Å². The first-order valence-corrected chi connectivity index (χ1v) is 12.6. The third kappa shape index (κ3) is 6.00. The van der Waals surface area contributed by atoms with Crippen molar-refractivity contribution < 1.29 is 18.0 Å². The van der Waals surface area contributed by atoms with Crippen molar-refractivity contribution in [2.45, 2.75) is 29.6 Å². The van der Waals surface area contributed by atoms with Crippen LogP contribution in [0.4, 0.5) is 5.69 Å². The molecule has 9 heteroatoms. The topological polar surface area (TPSA) is 92.3 Å². The van der Waals surface area contributed by atoms with E-state index in [1.54, 1.807) is 18.2 Å². The van der Waals surface area contributed by atoms with Crippen LogP contribution in [0.3, 0.4) is 0 Å². The number of hydrogen-bond donors (Lipinski definition) is 2. The van der Waals surface area contributed by atoms with Gasteiger partial charge in [-0.1, -0.05) is 30.7 Å². The van der Waals surface area contributed by atoms with E-state index in [9.17, 15) is 18.0 Å². The summed E-state index contributed by atoms with van der Waals surface area (Å²) in [5, 5.41) is 6.18. The molecule has 160 valence electrons. The number of carbonyl (C=O) groups is 2. The largest absolute Gasteiger partial charge is 0.356 e. The highest BCUT2D eigenvalue weighted by Gasteiger charge is 2.23. The smallest absolute Gasteiger partial charge is 0.228 e. The third-order valence-corrected chi connectivity index (χ3v) is 8.05. The summed E-state index contributed by atoms with van der Waals surface area (Å²) in [5.41, 5.74) is 1.54. The van der Waals surface area contributed by atoms with Crippen molar-refractivity contribution in [2.24, 2.45) is 5.92 Å². The fourth-order valence-electron chi connectivity index (χ4n) is 2.90. The standard InChI is InChI=1S/C21H23ClN2O4S2/c1-14-13-29-19-7-6-17(12-18(19)24-21(14)26)30(27,28)11-9-20(25)23-10-8-15-2-4-16(22)5-3-15/h2-7,12,14H,8-11,13H2,1H3,(H,23,25)(H,24,26)/t14-/m0/s1. The van der Waals surface area contributed by atoms with E-state index >= 15 is 0 Å². The molecule has 0 spiro atoms. The lowest BCUT2D eigenvalue weighted by atomic mass is 10.1. The summed E-state index contributed by atoms with van der Waals surface area (Å²) in [7, 11) is -3.65. The van der Waals surface area contributed by atoms with Gasteiger partial charge in [0.2, 0.25) is 11.8 Å². The quantitative estimate of drug-likeness (QED) is 0.651. The molecule has 6 nitrogen and oxygen atoms in total. The maximum atomic E-state index is 12.7. The molecule has 1 atom stereocenters. The lowest BCUT2D eigenvalue weighted by Gasteiger charge is -2.10. The number of halogens is 1. The second-order valence-electron chi connectivity index (χ2n) is 7.15. The summed E-state index contributed by atoms with van der Waals surface area (Å²) in [6, 6.07) is 12.1. The van der Waals surface area contributed by atoms with Crippen molar-refractivity contribution in [1.82, 2.24) is 5.32 Å². The van der Waals surface area contributed by atoms with Gasteiger partial charge in [0, 0.05) is 34.6 Å². The Morgan fingerprint density at radius 2 is 1.97 bits per heavy atom. The molecule has 1 heterocycles. The lowest BCUT2D eigenvalue weighted by molar-refractivity contribution is -0.120. The average molecular weight is 467 g/mol. The number of hydrogen-bond acceptors (Lipinski definition) is 5. The number of fused-ring (bicyclic) bond motifs is 1. The molecule has 0 bridgehead atoms. The normalized spacial score (nSPS) is 16.3. The number of anilines is 1. The van der Waals surface area contributed by atoms with Crippen LogP contribution in [0.1, 0.15) is 18.9 Å². The van der Waals surface area contributed by atoms with Crippen LogP contribution in [0.15, 0.2) is 52.3 Å². The van der Waals surface area contributed by atoms with E-state index in [0.29, 0.717) is 29.4 Å². The summed E-state index contributed by atoms with van der Waals surface area (Å²) in [5.74, 6) is -0.258. The molecular formula is C21H23ClN2O4S2. The van der Waals surface area contributed by atoms with E-state index in [4.69, 9.17) is 11.6 Å². The van der Waals surface area contributed by atoms with E-state index in [1.807, 2.05) is 19.1 Å². The molecule has 30 heavy (non-hydrogen) atoms. The van der Waals surface area contributed by atoms with Crippen LogP contribution in [-0.4, -0.2) is 38.3 Å². The molecule has 0 unspecified atom stereocenters. The first-order valence-electron chi connectivity index (χ1n) is 9.56. The highest BCUT2D eigenvalue weighted by Crippen LogP contribution is 2.34. The zero-order chi connectivity index (χ0) is 21.7. The highest BCUT2D eigenvalue weighted by atomic mass is 35.5. The van der Waals surface area contributed by atoms with Gasteiger partial charge in [0.25, 0.3) is 0 Å². The Hall–Kier alpha value is -2.03. The molecule has 2 N–H and O–H groups in total. The van der Waals surface area contributed by atoms with E-state index in [1.165, 1.54) is 23.9 Å². The first-order chi connectivity index (χ1) is 14.2. The van der Waals surface area contributed by atoms with Gasteiger partial charge in [0.1, 0.15) is 0 Å². The molecule has 0 aliphatic carbocycles. The zero-order valence-electron chi connectivity index (χ0n) is 16.5. The Kier molecular flexibility index (Phi) is 7.44. The summed E-state index contributed by atoms with van der Waals surface area (Å²) in [4.78, 5) is 25.0. The minimum Gasteiger partial charge on any atom is -0.356 e. The molecule has 1 aliphatic rings. The van der Waals surface area contributed by atoms with E-state index < -0.39 is 9.84 Å². The second-order valence-corrected chi connectivity index (χ2v) is 10.8. The molecule has 0 fully saturated rings. The van der Waals surface area contributed by atoms with Crippen molar-refractivity contribution in [3.63, 3.8) is 0 Å². The maximum Gasteiger partial charge on any atom is 0.228 e. The van der Waals surface area contributed by atoms with E-state index in [0.717, 1.165) is 10.5 Å². The van der Waals surface area contributed by atoms with Crippen LogP contribution in [0.25, 0.3) is 0 Å². The molecule has 2 aromatic rings. The Morgan fingerprint density at radius 3 is 2.70 bits per heavy atom. The number of carbonyl (C=O) groups excluding carboxylic acids is 2. The summed E-state index contributed by atoms with van der Waals surface area (Å²) in [6.45, 7) is 2.25. The maximum absolute atomic E-state index is 12.7. The monoisotopic (exact) mass is 466 g/mol. The number of thioether (sulfide) groups is 1. The average Bonchev–Trinajstić information content (AvgIpc) is 2.86. The van der Waals surface area contributed by atoms with Gasteiger partial charge in [-0.2, -0.15) is 0 Å². The lowest BCUT2D eigenvalue weighted by Crippen LogP contribution is -2.27. The number of amides is 2. The number of benzene rings is 2. The van der Waals surface area contributed by atoms with Gasteiger partial charge in [0.05, 0.1) is 16.3 Å². The van der Waals surface area contributed by atoms with Gasteiger partial charge in [-0.05, 0) is 42.3 Å². The summed E-state index contributed by atoms with van der Waals surface area (Å²) in [6.07, 6.45) is 0.508. The summed E-state index contributed by atoms with van der Waals surface area (Å²) >= 11 is 7.36. The van der Waals surface area contributed by atoms with Gasteiger partial charge >= 0.3 is 0 Å². The van der Waals surface area contributed by atoms with E-state index in [2.05, 4.69) is 10.6 Å². The number of nitrogens with one attached hydrogen (secondary N) is 2. The highest BCUT2D eigenvalue weighted by molar-refractivity contribution is 7.99. The minimum atomic E-state index is -3.65. The molecule has 2 aromatic carbocycles. The molecule has 0 saturated heterocycles. The van der Waals surface area contributed by atoms with Gasteiger partial charge in [-0.25, -0.2) is 8.42 Å². The zero-order valence-corrected chi connectivity index (χ0v) is 18.9. The molecule has 2 amide bonds. The van der Waals surface area contributed by atoms with Crippen LogP contribution < -0.4 is 10.6 Å². The fourth-order valence-corrected chi connectivity index (χ4v) is 5.30. The van der Waals surface area contributed by atoms with Crippen molar-refractivity contribution >= 4 is 50.7 Å². The van der Waals surface area contributed by atoms with Gasteiger partial charge < -0.3 is 10.6 Å². The predicted octanol–water partition coefficient (Wildman–Crippen LogP) is 3.54. The fraction of sp³-hybridized carbons (Fsp3) is 0.333. The minimum absolute atomic E-state index is 0.102. The Bertz CT molecular complexity index is 1040.